The molecule has 13 heteroatoms. The van der Waals surface area contributed by atoms with Crippen molar-refractivity contribution >= 4 is 53.8 Å². The van der Waals surface area contributed by atoms with Crippen LogP contribution in [0.15, 0.2) is 72.8 Å². The number of amides is 4. The van der Waals surface area contributed by atoms with Crippen LogP contribution in [0.2, 0.25) is 0 Å². The molecule has 1 aliphatic heterocycles. The Bertz CT molecular complexity index is 1530. The lowest BCUT2D eigenvalue weighted by Gasteiger charge is -2.37. The molecule has 6 N–H and O–H groups in total. The Morgan fingerprint density at radius 2 is 1.61 bits per heavy atom. The van der Waals surface area contributed by atoms with E-state index in [9.17, 15) is 33.5 Å². The van der Waals surface area contributed by atoms with Crippen LogP contribution in [0.25, 0.3) is 10.8 Å². The lowest BCUT2D eigenvalue weighted by atomic mass is 9.98. The molecule has 4 rings (SSSR count). The zero-order valence-electron chi connectivity index (χ0n) is 24.1. The second kappa shape index (κ2) is 15.3. The summed E-state index contributed by atoms with van der Waals surface area (Å²) >= 11 is 0.848. The number of hydrogen-bond acceptors (Lipinski definition) is 6. The van der Waals surface area contributed by atoms with Crippen LogP contribution in [0.5, 0.6) is 0 Å². The van der Waals surface area contributed by atoms with Crippen molar-refractivity contribution < 1.29 is 33.5 Å². The number of piperidine rings is 1. The average molecular weight is 641 g/mol. The minimum Gasteiger partial charge on any atom is -0.368 e. The average Bonchev–Trinajstić information content (AvgIpc) is 2.99. The SMILES string of the molecule is NC(=O)C(Cc1ccc2ccccc2c1)NC(=O)C1CCCCN1C(=O)C(CSCP(=O)(O)O)NC(=O)Cc1ccccc1. The summed E-state index contributed by atoms with van der Waals surface area (Å²) in [6.45, 7) is 0.247. The van der Waals surface area contributed by atoms with Gasteiger partial charge in [-0.1, -0.05) is 72.8 Å². The Balaban J connectivity index is 1.47. The van der Waals surface area contributed by atoms with Crippen molar-refractivity contribution in [3.63, 3.8) is 0 Å². The van der Waals surface area contributed by atoms with E-state index in [2.05, 4.69) is 10.6 Å². The van der Waals surface area contributed by atoms with E-state index in [1.54, 1.807) is 24.3 Å². The Hall–Kier alpha value is -3.70. The number of benzene rings is 3. The van der Waals surface area contributed by atoms with Crippen molar-refractivity contribution in [3.8, 4) is 0 Å². The summed E-state index contributed by atoms with van der Waals surface area (Å²) in [5, 5.41) is 7.47. The number of nitrogens with one attached hydrogen (secondary N) is 2. The lowest BCUT2D eigenvalue weighted by molar-refractivity contribution is -0.145. The van der Waals surface area contributed by atoms with E-state index in [1.807, 2.05) is 48.5 Å². The normalized spacial score (nSPS) is 16.6. The first-order valence-electron chi connectivity index (χ1n) is 14.3. The first-order chi connectivity index (χ1) is 21.0. The smallest absolute Gasteiger partial charge is 0.335 e. The Kier molecular flexibility index (Phi) is 11.6. The zero-order chi connectivity index (χ0) is 31.7. The highest BCUT2D eigenvalue weighted by atomic mass is 32.2. The molecule has 1 fully saturated rings. The molecule has 3 aromatic rings. The zero-order valence-corrected chi connectivity index (χ0v) is 25.8. The third kappa shape index (κ3) is 9.65. The summed E-state index contributed by atoms with van der Waals surface area (Å²) in [5.41, 5.74) is 6.70. The van der Waals surface area contributed by atoms with Gasteiger partial charge in [0.05, 0.1) is 11.9 Å². The van der Waals surface area contributed by atoms with Crippen LogP contribution in [0.1, 0.15) is 30.4 Å². The minimum absolute atomic E-state index is 0.00670. The number of nitrogens with two attached hydrogens (primary N) is 1. The molecule has 0 radical (unpaired) electrons. The molecule has 234 valence electrons. The molecular formula is C31H37N4O7PS. The van der Waals surface area contributed by atoms with Gasteiger partial charge in [-0.3, -0.25) is 23.7 Å². The van der Waals surface area contributed by atoms with E-state index >= 15 is 0 Å². The van der Waals surface area contributed by atoms with Crippen LogP contribution in [0.4, 0.5) is 0 Å². The van der Waals surface area contributed by atoms with Gasteiger partial charge in [0.25, 0.3) is 0 Å². The number of fused-ring (bicyclic) bond motifs is 1. The van der Waals surface area contributed by atoms with Crippen molar-refractivity contribution in [1.82, 2.24) is 15.5 Å². The topological polar surface area (TPSA) is 179 Å². The highest BCUT2D eigenvalue weighted by Crippen LogP contribution is 2.38. The maximum absolute atomic E-state index is 13.8. The molecule has 0 spiro atoms. The van der Waals surface area contributed by atoms with Crippen LogP contribution in [0, 0.1) is 0 Å². The van der Waals surface area contributed by atoms with Crippen LogP contribution >= 0.6 is 19.4 Å². The number of nitrogens with zero attached hydrogens (tertiary/aromatic N) is 1. The van der Waals surface area contributed by atoms with E-state index in [0.29, 0.717) is 19.3 Å². The molecule has 44 heavy (non-hydrogen) atoms. The summed E-state index contributed by atoms with van der Waals surface area (Å²) < 4.78 is 11.4. The maximum Gasteiger partial charge on any atom is 0.335 e. The molecule has 4 amide bonds. The Morgan fingerprint density at radius 3 is 2.32 bits per heavy atom. The number of thioether (sulfide) groups is 1. The first-order valence-corrected chi connectivity index (χ1v) is 17.3. The van der Waals surface area contributed by atoms with E-state index < -0.39 is 54.8 Å². The molecule has 0 aliphatic carbocycles. The van der Waals surface area contributed by atoms with E-state index in [1.165, 1.54) is 4.90 Å². The summed E-state index contributed by atoms with van der Waals surface area (Å²) in [6, 6.07) is 19.4. The summed E-state index contributed by atoms with van der Waals surface area (Å²) in [4.78, 5) is 72.7. The quantitative estimate of drug-likeness (QED) is 0.177. The van der Waals surface area contributed by atoms with Gasteiger partial charge in [-0.25, -0.2) is 0 Å². The molecule has 0 saturated carbocycles. The monoisotopic (exact) mass is 640 g/mol. The molecular weight excluding hydrogens is 603 g/mol. The third-order valence-electron chi connectivity index (χ3n) is 7.39. The molecule has 1 aliphatic rings. The number of likely N-dealkylation sites (tertiary alicyclic amines) is 1. The molecule has 3 atom stereocenters. The first kappa shape index (κ1) is 33.2. The van der Waals surface area contributed by atoms with Crippen molar-refractivity contribution in [1.29, 1.82) is 0 Å². The second-order valence-electron chi connectivity index (χ2n) is 10.8. The molecule has 0 aromatic heterocycles. The van der Waals surface area contributed by atoms with Crippen LogP contribution in [-0.2, 0) is 36.6 Å². The highest BCUT2D eigenvalue weighted by Gasteiger charge is 2.37. The predicted molar refractivity (Wildman–Crippen MR) is 170 cm³/mol. The maximum atomic E-state index is 13.8. The van der Waals surface area contributed by atoms with E-state index in [0.717, 1.165) is 33.7 Å². The fraction of sp³-hybridized carbons (Fsp3) is 0.355. The predicted octanol–water partition coefficient (Wildman–Crippen LogP) is 2.33. The highest BCUT2D eigenvalue weighted by molar-refractivity contribution is 8.04. The summed E-state index contributed by atoms with van der Waals surface area (Å²) in [7, 11) is -4.35. The van der Waals surface area contributed by atoms with Gasteiger partial charge in [0.2, 0.25) is 23.6 Å². The van der Waals surface area contributed by atoms with Gasteiger partial charge in [-0.2, -0.15) is 0 Å². The number of primary amides is 1. The fourth-order valence-corrected chi connectivity index (χ4v) is 7.09. The van der Waals surface area contributed by atoms with Gasteiger partial charge in [0.1, 0.15) is 18.1 Å². The van der Waals surface area contributed by atoms with Gasteiger partial charge < -0.3 is 31.1 Å². The summed E-state index contributed by atoms with van der Waals surface area (Å²) in [5.74, 6) is -2.30. The Morgan fingerprint density at radius 1 is 0.909 bits per heavy atom. The minimum atomic E-state index is -4.35. The second-order valence-corrected chi connectivity index (χ2v) is 13.9. The number of hydrogen-bond donors (Lipinski definition) is 5. The fourth-order valence-electron chi connectivity index (χ4n) is 5.25. The lowest BCUT2D eigenvalue weighted by Crippen LogP contribution is -2.60. The van der Waals surface area contributed by atoms with Crippen molar-refractivity contribution in [3.05, 3.63) is 83.9 Å². The largest absolute Gasteiger partial charge is 0.368 e. The molecule has 11 nitrogen and oxygen atoms in total. The Labute approximate surface area is 260 Å². The number of carbonyl (C=O) groups is 4. The number of carbonyl (C=O) groups excluding carboxylic acids is 4. The third-order valence-corrected chi connectivity index (χ3v) is 10.0. The van der Waals surface area contributed by atoms with Crippen LogP contribution in [0.3, 0.4) is 0 Å². The van der Waals surface area contributed by atoms with Gasteiger partial charge in [0.15, 0.2) is 0 Å². The molecule has 1 saturated heterocycles. The molecule has 1 heterocycles. The van der Waals surface area contributed by atoms with Crippen LogP contribution < -0.4 is 16.4 Å². The van der Waals surface area contributed by atoms with E-state index in [4.69, 9.17) is 5.73 Å². The van der Waals surface area contributed by atoms with Gasteiger partial charge in [0, 0.05) is 18.7 Å². The summed E-state index contributed by atoms with van der Waals surface area (Å²) in [6.07, 6.45) is 1.83. The number of rotatable bonds is 13. The van der Waals surface area contributed by atoms with Crippen molar-refractivity contribution in [2.24, 2.45) is 5.73 Å². The van der Waals surface area contributed by atoms with Crippen molar-refractivity contribution in [2.75, 3.05) is 17.8 Å². The van der Waals surface area contributed by atoms with Crippen LogP contribution in [-0.4, -0.2) is 74.2 Å². The van der Waals surface area contributed by atoms with E-state index in [-0.39, 0.29) is 25.1 Å². The van der Waals surface area contributed by atoms with Gasteiger partial charge in [-0.05, 0) is 41.2 Å². The molecule has 0 bridgehead atoms. The molecule has 3 unspecified atom stereocenters. The molecule has 3 aromatic carbocycles. The standard InChI is InChI=1S/C31H37N4O7PS/c32-29(37)25(17-22-13-14-23-10-4-5-11-24(23)16-22)34-30(38)27-12-6-7-15-35(27)31(39)26(19-44-20-43(40,41)42)33-28(36)18-21-8-2-1-3-9-21/h1-5,8-11,13-14,16,25-27H,6-7,12,15,17-20H2,(H2,32,37)(H,33,36)(H,34,38)(H2,40,41,42). The van der Waals surface area contributed by atoms with Gasteiger partial charge in [-0.15, -0.1) is 11.8 Å². The van der Waals surface area contributed by atoms with Crippen molar-refractivity contribution in [2.45, 2.75) is 50.2 Å². The van der Waals surface area contributed by atoms with Gasteiger partial charge >= 0.3 is 7.60 Å².